The number of hydrogen-bond acceptors (Lipinski definition) is 5. The Bertz CT molecular complexity index is 1180. The first-order valence-electron chi connectivity index (χ1n) is 9.63. The molecule has 0 heterocycles. The number of nitrogens with zero attached hydrogens (tertiary/aromatic N) is 1. The van der Waals surface area contributed by atoms with E-state index in [1.165, 1.54) is 25.3 Å². The largest absolute Gasteiger partial charge is 0.497 e. The van der Waals surface area contributed by atoms with Crippen molar-refractivity contribution in [3.63, 3.8) is 0 Å². The number of amides is 1. The zero-order valence-corrected chi connectivity index (χ0v) is 19.2. The SMILES string of the molecule is COCc1cccc(NC(=O)CN(c2cccc(Cl)c2)S(=O)(=O)c2ccc(OC)cc2)c1. The molecule has 0 unspecified atom stereocenters. The summed E-state index contributed by atoms with van der Waals surface area (Å²) < 4.78 is 38.1. The van der Waals surface area contributed by atoms with Gasteiger partial charge in [-0.3, -0.25) is 9.10 Å². The number of ether oxygens (including phenoxy) is 2. The lowest BCUT2D eigenvalue weighted by molar-refractivity contribution is -0.114. The molecule has 0 saturated carbocycles. The van der Waals surface area contributed by atoms with Crippen molar-refractivity contribution in [1.82, 2.24) is 0 Å². The summed E-state index contributed by atoms with van der Waals surface area (Å²) in [6, 6.07) is 19.4. The van der Waals surface area contributed by atoms with E-state index >= 15 is 0 Å². The molecular weight excluding hydrogens is 452 g/mol. The van der Waals surface area contributed by atoms with E-state index in [9.17, 15) is 13.2 Å². The van der Waals surface area contributed by atoms with Crippen LogP contribution >= 0.6 is 11.6 Å². The number of nitrogens with one attached hydrogen (secondary N) is 1. The number of carbonyl (C=O) groups excluding carboxylic acids is 1. The fourth-order valence-electron chi connectivity index (χ4n) is 3.06. The fourth-order valence-corrected chi connectivity index (χ4v) is 4.66. The van der Waals surface area contributed by atoms with Gasteiger partial charge in [0.05, 0.1) is 24.3 Å². The highest BCUT2D eigenvalue weighted by molar-refractivity contribution is 7.92. The number of carbonyl (C=O) groups is 1. The number of sulfonamides is 1. The standard InChI is InChI=1S/C23H23ClN2O5S/c1-30-16-17-5-3-7-19(13-17)25-23(27)15-26(20-8-4-6-18(24)14-20)32(28,29)22-11-9-21(31-2)10-12-22/h3-14H,15-16H2,1-2H3,(H,25,27). The van der Waals surface area contributed by atoms with Crippen LogP contribution < -0.4 is 14.4 Å². The number of anilines is 2. The van der Waals surface area contributed by atoms with Crippen molar-refractivity contribution in [2.75, 3.05) is 30.4 Å². The molecule has 0 atom stereocenters. The first-order chi connectivity index (χ1) is 15.3. The molecule has 0 aliphatic rings. The Labute approximate surface area is 192 Å². The topological polar surface area (TPSA) is 84.9 Å². The Morgan fingerprint density at radius 1 is 1.00 bits per heavy atom. The average molecular weight is 475 g/mol. The van der Waals surface area contributed by atoms with Crippen LogP contribution in [0.25, 0.3) is 0 Å². The monoisotopic (exact) mass is 474 g/mol. The van der Waals surface area contributed by atoms with Gasteiger partial charge in [-0.15, -0.1) is 0 Å². The number of halogens is 1. The molecule has 9 heteroatoms. The lowest BCUT2D eigenvalue weighted by Gasteiger charge is -2.24. The van der Waals surface area contributed by atoms with Gasteiger partial charge in [-0.05, 0) is 60.2 Å². The highest BCUT2D eigenvalue weighted by atomic mass is 35.5. The first-order valence-corrected chi connectivity index (χ1v) is 11.5. The summed E-state index contributed by atoms with van der Waals surface area (Å²) in [4.78, 5) is 12.8. The molecule has 0 spiro atoms. The third-order valence-electron chi connectivity index (χ3n) is 4.55. The van der Waals surface area contributed by atoms with Gasteiger partial charge in [-0.25, -0.2) is 8.42 Å². The van der Waals surface area contributed by atoms with Crippen LogP contribution in [0.1, 0.15) is 5.56 Å². The number of methoxy groups -OCH3 is 2. The second-order valence-electron chi connectivity index (χ2n) is 6.85. The van der Waals surface area contributed by atoms with E-state index in [1.807, 2.05) is 6.07 Å². The highest BCUT2D eigenvalue weighted by Crippen LogP contribution is 2.27. The van der Waals surface area contributed by atoms with Gasteiger partial charge in [0.25, 0.3) is 10.0 Å². The van der Waals surface area contributed by atoms with Gasteiger partial charge in [-0.2, -0.15) is 0 Å². The van der Waals surface area contributed by atoms with Crippen LogP contribution in [-0.2, 0) is 26.2 Å². The minimum atomic E-state index is -4.06. The molecule has 0 aliphatic carbocycles. The van der Waals surface area contributed by atoms with Crippen molar-refractivity contribution in [2.24, 2.45) is 0 Å². The smallest absolute Gasteiger partial charge is 0.264 e. The van der Waals surface area contributed by atoms with E-state index in [-0.39, 0.29) is 10.6 Å². The van der Waals surface area contributed by atoms with E-state index in [0.29, 0.717) is 23.1 Å². The van der Waals surface area contributed by atoms with Gasteiger partial charge in [0, 0.05) is 17.8 Å². The molecule has 0 aliphatic heterocycles. The van der Waals surface area contributed by atoms with Gasteiger partial charge >= 0.3 is 0 Å². The van der Waals surface area contributed by atoms with Crippen molar-refractivity contribution in [3.8, 4) is 5.75 Å². The first kappa shape index (κ1) is 23.6. The van der Waals surface area contributed by atoms with E-state index in [2.05, 4.69) is 5.32 Å². The van der Waals surface area contributed by atoms with Gasteiger partial charge in [0.2, 0.25) is 5.91 Å². The molecule has 0 fully saturated rings. The maximum absolute atomic E-state index is 13.4. The lowest BCUT2D eigenvalue weighted by Crippen LogP contribution is -2.38. The van der Waals surface area contributed by atoms with Crippen LogP contribution in [0.2, 0.25) is 5.02 Å². The minimum Gasteiger partial charge on any atom is -0.497 e. The van der Waals surface area contributed by atoms with Crippen molar-refractivity contribution in [3.05, 3.63) is 83.4 Å². The average Bonchev–Trinajstić information content (AvgIpc) is 2.78. The van der Waals surface area contributed by atoms with E-state index in [1.54, 1.807) is 55.6 Å². The maximum Gasteiger partial charge on any atom is 0.264 e. The normalized spacial score (nSPS) is 11.1. The summed E-state index contributed by atoms with van der Waals surface area (Å²) >= 11 is 6.09. The molecule has 0 saturated heterocycles. The molecule has 7 nitrogen and oxygen atoms in total. The quantitative estimate of drug-likeness (QED) is 0.499. The molecule has 1 N–H and O–H groups in total. The van der Waals surface area contributed by atoms with E-state index in [4.69, 9.17) is 21.1 Å². The Morgan fingerprint density at radius 3 is 2.38 bits per heavy atom. The van der Waals surface area contributed by atoms with Crippen molar-refractivity contribution >= 4 is 38.9 Å². The zero-order chi connectivity index (χ0) is 23.1. The molecule has 168 valence electrons. The second kappa shape index (κ2) is 10.5. The summed E-state index contributed by atoms with van der Waals surface area (Å²) in [6.45, 7) is -0.0482. The van der Waals surface area contributed by atoms with Gasteiger partial charge < -0.3 is 14.8 Å². The van der Waals surface area contributed by atoms with E-state index in [0.717, 1.165) is 9.87 Å². The zero-order valence-electron chi connectivity index (χ0n) is 17.6. The summed E-state index contributed by atoms with van der Waals surface area (Å²) in [7, 11) is -0.986. The maximum atomic E-state index is 13.4. The van der Waals surface area contributed by atoms with Crippen LogP contribution in [0.15, 0.2) is 77.7 Å². The molecule has 3 aromatic rings. The van der Waals surface area contributed by atoms with Crippen molar-refractivity contribution in [1.29, 1.82) is 0 Å². The van der Waals surface area contributed by atoms with Crippen LogP contribution in [0.4, 0.5) is 11.4 Å². The number of rotatable bonds is 9. The Kier molecular flexibility index (Phi) is 7.74. The van der Waals surface area contributed by atoms with Crippen LogP contribution in [0.3, 0.4) is 0 Å². The molecule has 3 rings (SSSR count). The summed E-state index contributed by atoms with van der Waals surface area (Å²) in [5, 5.41) is 3.10. The third-order valence-corrected chi connectivity index (χ3v) is 6.58. The Morgan fingerprint density at radius 2 is 1.72 bits per heavy atom. The third kappa shape index (κ3) is 5.79. The molecule has 0 radical (unpaired) electrons. The molecule has 3 aromatic carbocycles. The highest BCUT2D eigenvalue weighted by Gasteiger charge is 2.27. The fraction of sp³-hybridized carbons (Fsp3) is 0.174. The molecule has 0 bridgehead atoms. The Balaban J connectivity index is 1.91. The number of hydrogen-bond donors (Lipinski definition) is 1. The van der Waals surface area contributed by atoms with E-state index < -0.39 is 22.5 Å². The van der Waals surface area contributed by atoms with Crippen LogP contribution in [0.5, 0.6) is 5.75 Å². The molecular formula is C23H23ClN2O5S. The number of benzene rings is 3. The second-order valence-corrected chi connectivity index (χ2v) is 9.15. The lowest BCUT2D eigenvalue weighted by atomic mass is 10.2. The molecule has 0 aromatic heterocycles. The molecule has 1 amide bonds. The van der Waals surface area contributed by atoms with Crippen molar-refractivity contribution in [2.45, 2.75) is 11.5 Å². The predicted octanol–water partition coefficient (Wildman–Crippen LogP) is 4.33. The molecule has 32 heavy (non-hydrogen) atoms. The van der Waals surface area contributed by atoms with Crippen LogP contribution in [0, 0.1) is 0 Å². The minimum absolute atomic E-state index is 0.0215. The van der Waals surface area contributed by atoms with Gasteiger partial charge in [0.15, 0.2) is 0 Å². The van der Waals surface area contributed by atoms with Crippen molar-refractivity contribution < 1.29 is 22.7 Å². The summed E-state index contributed by atoms with van der Waals surface area (Å²) in [5.74, 6) is 0.0172. The Hall–Kier alpha value is -3.07. The van der Waals surface area contributed by atoms with Crippen LogP contribution in [-0.4, -0.2) is 35.1 Å². The summed E-state index contributed by atoms with van der Waals surface area (Å²) in [6.07, 6.45) is 0. The van der Waals surface area contributed by atoms with Gasteiger partial charge in [0.1, 0.15) is 12.3 Å². The predicted molar refractivity (Wildman–Crippen MR) is 125 cm³/mol. The van der Waals surface area contributed by atoms with Gasteiger partial charge in [-0.1, -0.05) is 29.8 Å². The summed E-state index contributed by atoms with van der Waals surface area (Å²) in [5.41, 5.74) is 1.69.